The Morgan fingerprint density at radius 2 is 0.600 bits per heavy atom. The van der Waals surface area contributed by atoms with Crippen LogP contribution in [0.3, 0.4) is 0 Å². The molecular weight excluding hydrogens is 1410 g/mol. The highest BCUT2D eigenvalue weighted by Crippen LogP contribution is 2.31. The van der Waals surface area contributed by atoms with Gasteiger partial charge in [-0.05, 0) is 111 Å². The van der Waals surface area contributed by atoms with Crippen LogP contribution in [0.5, 0.6) is 0 Å². The molecule has 0 bridgehead atoms. The molecule has 0 spiro atoms. The van der Waals surface area contributed by atoms with Crippen LogP contribution in [0.25, 0.3) is 0 Å². The predicted molar refractivity (Wildman–Crippen MR) is 412 cm³/mol. The SMILES string of the molecule is CC(C)C[C@H](NC(=O)[C@H](CCc1ccccc1)NC(=O)CN1CCOCC1)C(=O)N[C@@H](Cc1ccccc1)C(=O)N[C@@H](CC(C)C)C(=O)C1(C)CO1.CC(C)C[C@H](NC(=O)[C@H](CCc1ccccc1)NC(=O)CN1CCOCC1)C(=O)N[C@@H](Cc1ccccc1)C(=O)N[C@@H](CC(C)C)C(=O)C1(C)CO1.O=C(O)C(=O)O. The van der Waals surface area contributed by atoms with Gasteiger partial charge in [0.15, 0.2) is 11.6 Å². The summed E-state index contributed by atoms with van der Waals surface area (Å²) in [6, 6.07) is 30.6. The zero-order chi connectivity index (χ0) is 80.5. The fourth-order valence-electron chi connectivity index (χ4n) is 12.7. The molecule has 28 nitrogen and oxygen atoms in total. The lowest BCUT2D eigenvalue weighted by atomic mass is 9.93. The second-order valence-electron chi connectivity index (χ2n) is 30.7. The van der Waals surface area contributed by atoms with Crippen LogP contribution in [0.4, 0.5) is 0 Å². The number of Topliss-reactive ketones (excluding diaryl/α,β-unsaturated/α-hetero) is 2. The maximum absolute atomic E-state index is 14.1. The van der Waals surface area contributed by atoms with Crippen LogP contribution >= 0.6 is 0 Å². The molecule has 602 valence electrons. The first-order valence-corrected chi connectivity index (χ1v) is 38.3. The first-order valence-electron chi connectivity index (χ1n) is 38.3. The Bertz CT molecular complexity index is 3390. The maximum Gasteiger partial charge on any atom is 0.414 e. The van der Waals surface area contributed by atoms with Crippen molar-refractivity contribution in [2.45, 2.75) is 193 Å². The number of hydrogen-bond donors (Lipinski definition) is 10. The number of nitrogens with zero attached hydrogens (tertiary/aromatic N) is 2. The van der Waals surface area contributed by atoms with Crippen LogP contribution < -0.4 is 42.5 Å². The van der Waals surface area contributed by atoms with Gasteiger partial charge in [-0.15, -0.1) is 0 Å². The normalized spacial score (nSPS) is 18.9. The number of carbonyl (C=O) groups is 12. The van der Waals surface area contributed by atoms with Crippen molar-refractivity contribution in [3.63, 3.8) is 0 Å². The first kappa shape index (κ1) is 89.6. The Labute approximate surface area is 646 Å². The standard InChI is InChI=1S/2C40H57N5O7.C2H2O4/c2*1-27(2)22-32(36(47)40(5)26-52-40)42-39(50)34(24-30-14-10-7-11-15-30)44-38(49)33(23-28(3)4)43-37(48)31(17-16-29-12-8-6-9-13-29)41-35(46)25-45-18-20-51-21-19-45;3-1(4)2(5)6/h2*6-15,27-28,31-34H,16-26H2,1-5H3,(H,41,46)(H,42,50)(H,43,48)(H,44,49);(H,3,4)(H,5,6)/t2*31-,32-,33-,34-,40?;/m00./s1. The topological polar surface area (TPSA) is 392 Å². The maximum atomic E-state index is 14.1. The van der Waals surface area contributed by atoms with E-state index in [4.69, 9.17) is 38.7 Å². The summed E-state index contributed by atoms with van der Waals surface area (Å²) in [5.41, 5.74) is 1.83. The summed E-state index contributed by atoms with van der Waals surface area (Å²) in [5, 5.41) is 38.1. The Hall–Kier alpha value is -9.32. The van der Waals surface area contributed by atoms with Gasteiger partial charge < -0.3 is 71.7 Å². The van der Waals surface area contributed by atoms with Gasteiger partial charge in [0, 0.05) is 39.0 Å². The van der Waals surface area contributed by atoms with E-state index in [1.807, 2.05) is 187 Å². The molecule has 10 atom stereocenters. The van der Waals surface area contributed by atoms with E-state index in [1.54, 1.807) is 13.8 Å². The van der Waals surface area contributed by atoms with Crippen LogP contribution in [-0.2, 0) is 102 Å². The van der Waals surface area contributed by atoms with Gasteiger partial charge in [0.1, 0.15) is 47.5 Å². The van der Waals surface area contributed by atoms with Crippen molar-refractivity contribution in [1.82, 2.24) is 52.3 Å². The molecule has 4 aliphatic heterocycles. The molecule has 0 saturated carbocycles. The van der Waals surface area contributed by atoms with Gasteiger partial charge >= 0.3 is 11.9 Å². The monoisotopic (exact) mass is 1530 g/mol. The van der Waals surface area contributed by atoms with Crippen LogP contribution in [0, 0.1) is 23.7 Å². The molecule has 8 rings (SSSR count). The van der Waals surface area contributed by atoms with Gasteiger partial charge in [-0.25, -0.2) is 9.59 Å². The van der Waals surface area contributed by atoms with E-state index >= 15 is 0 Å². The lowest BCUT2D eigenvalue weighted by Crippen LogP contribution is -2.59. The highest BCUT2D eigenvalue weighted by molar-refractivity contribution is 6.27. The van der Waals surface area contributed by atoms with Gasteiger partial charge in [0.2, 0.25) is 47.3 Å². The second-order valence-corrected chi connectivity index (χ2v) is 30.7. The third-order valence-electron chi connectivity index (χ3n) is 18.9. The molecule has 4 aromatic carbocycles. The number of carbonyl (C=O) groups excluding carboxylic acids is 10. The molecule has 4 saturated heterocycles. The lowest BCUT2D eigenvalue weighted by molar-refractivity contribution is -0.159. The Morgan fingerprint density at radius 3 is 0.873 bits per heavy atom. The number of rotatable bonds is 40. The number of carboxylic acids is 2. The summed E-state index contributed by atoms with van der Waals surface area (Å²) in [7, 11) is 0. The molecule has 4 heterocycles. The van der Waals surface area contributed by atoms with E-state index in [-0.39, 0.29) is 73.0 Å². The number of benzene rings is 4. The van der Waals surface area contributed by atoms with Gasteiger partial charge in [0.05, 0.1) is 64.8 Å². The van der Waals surface area contributed by atoms with Crippen molar-refractivity contribution in [2.24, 2.45) is 23.7 Å². The summed E-state index contributed by atoms with van der Waals surface area (Å²) in [4.78, 5) is 159. The van der Waals surface area contributed by atoms with Crippen molar-refractivity contribution in [2.75, 3.05) is 78.9 Å². The van der Waals surface area contributed by atoms with E-state index in [0.717, 1.165) is 22.3 Å². The molecule has 8 amide bonds. The van der Waals surface area contributed by atoms with E-state index in [0.29, 0.717) is 117 Å². The highest BCUT2D eigenvalue weighted by Gasteiger charge is 2.51. The van der Waals surface area contributed by atoms with Crippen LogP contribution in [0.15, 0.2) is 121 Å². The number of amides is 8. The molecule has 0 aromatic heterocycles. The Balaban J connectivity index is 0.000000319. The zero-order valence-corrected chi connectivity index (χ0v) is 65.4. The molecule has 10 N–H and O–H groups in total. The molecule has 110 heavy (non-hydrogen) atoms. The number of aryl methyl sites for hydroxylation is 2. The number of epoxide rings is 2. The summed E-state index contributed by atoms with van der Waals surface area (Å²) in [6.07, 6.45) is 3.52. The molecule has 4 aliphatic rings. The number of hydrogen-bond acceptors (Lipinski definition) is 18. The Kier molecular flexibility index (Phi) is 36.7. The molecular formula is C82H116N10O18. The summed E-state index contributed by atoms with van der Waals surface area (Å²) in [6.45, 7) is 24.7. The zero-order valence-electron chi connectivity index (χ0n) is 65.4. The van der Waals surface area contributed by atoms with Crippen LogP contribution in [0.1, 0.15) is 130 Å². The quantitative estimate of drug-likeness (QED) is 0.0219. The average molecular weight is 1530 g/mol. The summed E-state index contributed by atoms with van der Waals surface area (Å²) >= 11 is 0. The fourth-order valence-corrected chi connectivity index (χ4v) is 12.7. The number of ether oxygens (including phenoxy) is 4. The van der Waals surface area contributed by atoms with E-state index in [9.17, 15) is 47.9 Å². The third-order valence-corrected chi connectivity index (χ3v) is 18.9. The van der Waals surface area contributed by atoms with Gasteiger partial charge in [0.25, 0.3) is 0 Å². The lowest BCUT2D eigenvalue weighted by Gasteiger charge is -2.29. The molecule has 4 aromatic rings. The first-order chi connectivity index (χ1) is 52.3. The van der Waals surface area contributed by atoms with E-state index in [2.05, 4.69) is 42.5 Å². The van der Waals surface area contributed by atoms with Crippen molar-refractivity contribution >= 4 is 70.8 Å². The summed E-state index contributed by atoms with van der Waals surface area (Å²) < 4.78 is 21.6. The number of nitrogens with one attached hydrogen (secondary N) is 8. The van der Waals surface area contributed by atoms with Crippen LogP contribution in [-0.4, -0.2) is 229 Å². The molecule has 28 heteroatoms. The smallest absolute Gasteiger partial charge is 0.414 e. The van der Waals surface area contributed by atoms with E-state index < -0.39 is 107 Å². The molecule has 0 radical (unpaired) electrons. The molecule has 2 unspecified atom stereocenters. The number of carboxylic acid groups (broad SMARTS) is 2. The molecule has 4 fully saturated rings. The fraction of sp³-hybridized carbons (Fsp3) is 0.561. The minimum Gasteiger partial charge on any atom is -0.473 e. The van der Waals surface area contributed by atoms with E-state index in [1.165, 1.54) is 0 Å². The van der Waals surface area contributed by atoms with Crippen molar-refractivity contribution in [3.8, 4) is 0 Å². The average Bonchev–Trinajstić information content (AvgIpc) is 1.64. The van der Waals surface area contributed by atoms with Crippen molar-refractivity contribution < 1.29 is 86.7 Å². The summed E-state index contributed by atoms with van der Waals surface area (Å²) in [5.74, 6) is -7.31. The van der Waals surface area contributed by atoms with Gasteiger partial charge in [-0.1, -0.05) is 177 Å². The number of aliphatic carboxylic acids is 2. The molecule has 0 aliphatic carbocycles. The highest BCUT2D eigenvalue weighted by atomic mass is 16.6. The second kappa shape index (κ2) is 45.1. The van der Waals surface area contributed by atoms with Crippen LogP contribution in [0.2, 0.25) is 0 Å². The van der Waals surface area contributed by atoms with Crippen molar-refractivity contribution in [1.29, 1.82) is 0 Å². The van der Waals surface area contributed by atoms with Gasteiger partial charge in [-0.3, -0.25) is 57.7 Å². The minimum atomic E-state index is -1.82. The third kappa shape index (κ3) is 32.3. The van der Waals surface area contributed by atoms with Gasteiger partial charge in [-0.2, -0.15) is 0 Å². The predicted octanol–water partition coefficient (Wildman–Crippen LogP) is 4.32. The largest absolute Gasteiger partial charge is 0.473 e. The van der Waals surface area contributed by atoms with Crippen molar-refractivity contribution in [3.05, 3.63) is 144 Å². The number of ketones is 2. The minimum absolute atomic E-state index is 0.0171. The Morgan fingerprint density at radius 1 is 0.355 bits per heavy atom. The number of morpholine rings is 2.